The molecule has 9 heteroatoms. The Labute approximate surface area is 177 Å². The third-order valence-electron chi connectivity index (χ3n) is 4.47. The fourth-order valence-electron chi connectivity index (χ4n) is 2.89. The van der Waals surface area contributed by atoms with E-state index in [2.05, 4.69) is 15.6 Å². The van der Waals surface area contributed by atoms with Crippen molar-refractivity contribution in [2.75, 3.05) is 19.0 Å². The summed E-state index contributed by atoms with van der Waals surface area (Å²) in [5, 5.41) is 6.36. The van der Waals surface area contributed by atoms with Crippen molar-refractivity contribution in [1.29, 1.82) is 0 Å². The highest BCUT2D eigenvalue weighted by Crippen LogP contribution is 2.30. The summed E-state index contributed by atoms with van der Waals surface area (Å²) in [6.45, 7) is 1.76. The van der Waals surface area contributed by atoms with Gasteiger partial charge in [-0.2, -0.15) is 0 Å². The first kappa shape index (κ1) is 21.3. The molecule has 0 bridgehead atoms. The van der Waals surface area contributed by atoms with Crippen LogP contribution in [0.2, 0.25) is 5.02 Å². The van der Waals surface area contributed by atoms with E-state index in [1.54, 1.807) is 36.4 Å². The number of ether oxygens (including phenoxy) is 1. The lowest BCUT2D eigenvalue weighted by molar-refractivity contribution is -0.121. The molecular formula is C21H21ClN4O4. The molecule has 0 spiro atoms. The summed E-state index contributed by atoms with van der Waals surface area (Å²) in [5.41, 5.74) is 1.59. The number of methoxy groups -OCH3 is 1. The first-order valence-electron chi connectivity index (χ1n) is 9.24. The molecule has 0 aliphatic heterocycles. The summed E-state index contributed by atoms with van der Waals surface area (Å²) in [6, 6.07) is 10.3. The van der Waals surface area contributed by atoms with Crippen molar-refractivity contribution in [3.05, 3.63) is 63.7 Å². The summed E-state index contributed by atoms with van der Waals surface area (Å²) in [5.74, 6) is -0.229. The Morgan fingerprint density at radius 1 is 1.20 bits per heavy atom. The normalized spacial score (nSPS) is 10.6. The van der Waals surface area contributed by atoms with Gasteiger partial charge in [0.05, 0.1) is 30.0 Å². The summed E-state index contributed by atoms with van der Waals surface area (Å²) in [7, 11) is 1.49. The topological polar surface area (TPSA) is 102 Å². The number of carbonyl (C=O) groups excluding carboxylic acids is 2. The van der Waals surface area contributed by atoms with Gasteiger partial charge in [0.15, 0.2) is 0 Å². The van der Waals surface area contributed by atoms with E-state index >= 15 is 0 Å². The Hall–Kier alpha value is -3.39. The third kappa shape index (κ3) is 4.96. The van der Waals surface area contributed by atoms with Crippen LogP contribution < -0.4 is 20.9 Å². The van der Waals surface area contributed by atoms with Crippen LogP contribution in [-0.2, 0) is 16.1 Å². The van der Waals surface area contributed by atoms with Gasteiger partial charge in [-0.1, -0.05) is 23.7 Å². The van der Waals surface area contributed by atoms with Gasteiger partial charge in [0, 0.05) is 24.1 Å². The molecule has 0 saturated heterocycles. The predicted octanol–water partition coefficient (Wildman–Crippen LogP) is 2.51. The number of nitrogens with one attached hydrogen (secondary N) is 2. The average molecular weight is 429 g/mol. The fraction of sp³-hybridized carbons (Fsp3) is 0.238. The maximum Gasteiger partial charge on any atom is 0.261 e. The number of rotatable bonds is 7. The number of aromatic nitrogens is 2. The highest BCUT2D eigenvalue weighted by molar-refractivity contribution is 6.31. The second-order valence-corrected chi connectivity index (χ2v) is 7.05. The van der Waals surface area contributed by atoms with Gasteiger partial charge >= 0.3 is 0 Å². The SMILES string of the molecule is COc1cc(Cl)c(C)cc1NC(=O)CCNC(=O)Cn1cnc2ccccc2c1=O. The Balaban J connectivity index is 1.54. The first-order chi connectivity index (χ1) is 14.4. The van der Waals surface area contributed by atoms with Crippen LogP contribution >= 0.6 is 11.6 Å². The van der Waals surface area contributed by atoms with Gasteiger partial charge < -0.3 is 15.4 Å². The fourth-order valence-corrected chi connectivity index (χ4v) is 3.04. The molecule has 0 fully saturated rings. The van der Waals surface area contributed by atoms with Gasteiger partial charge in [-0.3, -0.25) is 19.0 Å². The zero-order chi connectivity index (χ0) is 21.7. The number of para-hydroxylation sites is 1. The van der Waals surface area contributed by atoms with E-state index in [1.807, 2.05) is 6.92 Å². The number of carbonyl (C=O) groups is 2. The smallest absolute Gasteiger partial charge is 0.261 e. The van der Waals surface area contributed by atoms with Crippen LogP contribution in [0, 0.1) is 6.92 Å². The van der Waals surface area contributed by atoms with Crippen molar-refractivity contribution in [1.82, 2.24) is 14.9 Å². The molecule has 1 heterocycles. The molecule has 156 valence electrons. The number of nitrogens with zero attached hydrogens (tertiary/aromatic N) is 2. The second-order valence-electron chi connectivity index (χ2n) is 6.64. The van der Waals surface area contributed by atoms with Crippen LogP contribution in [0.5, 0.6) is 5.75 Å². The number of hydrogen-bond acceptors (Lipinski definition) is 5. The molecule has 0 aliphatic rings. The number of aryl methyl sites for hydroxylation is 1. The molecule has 2 amide bonds. The zero-order valence-corrected chi connectivity index (χ0v) is 17.3. The van der Waals surface area contributed by atoms with E-state index in [9.17, 15) is 14.4 Å². The highest BCUT2D eigenvalue weighted by Gasteiger charge is 2.12. The molecule has 2 N–H and O–H groups in total. The lowest BCUT2D eigenvalue weighted by Gasteiger charge is -2.12. The van der Waals surface area contributed by atoms with Crippen LogP contribution in [0.1, 0.15) is 12.0 Å². The Morgan fingerprint density at radius 3 is 2.73 bits per heavy atom. The van der Waals surface area contributed by atoms with Crippen molar-refractivity contribution >= 4 is 40.0 Å². The van der Waals surface area contributed by atoms with Crippen LogP contribution in [0.25, 0.3) is 10.9 Å². The molecule has 0 radical (unpaired) electrons. The van der Waals surface area contributed by atoms with Crippen LogP contribution in [-0.4, -0.2) is 35.0 Å². The average Bonchev–Trinajstić information content (AvgIpc) is 2.72. The highest BCUT2D eigenvalue weighted by atomic mass is 35.5. The number of halogens is 1. The minimum absolute atomic E-state index is 0.0570. The van der Waals surface area contributed by atoms with Crippen molar-refractivity contribution < 1.29 is 14.3 Å². The van der Waals surface area contributed by atoms with E-state index < -0.39 is 0 Å². The predicted molar refractivity (Wildman–Crippen MR) is 115 cm³/mol. The van der Waals surface area contributed by atoms with Crippen molar-refractivity contribution in [2.45, 2.75) is 19.9 Å². The zero-order valence-electron chi connectivity index (χ0n) is 16.6. The molecule has 30 heavy (non-hydrogen) atoms. The van der Waals surface area contributed by atoms with Crippen molar-refractivity contribution in [3.63, 3.8) is 0 Å². The lowest BCUT2D eigenvalue weighted by atomic mass is 10.2. The number of benzene rings is 2. The summed E-state index contributed by atoms with van der Waals surface area (Å²) < 4.78 is 6.46. The summed E-state index contributed by atoms with van der Waals surface area (Å²) >= 11 is 6.06. The number of anilines is 1. The molecule has 0 saturated carbocycles. The molecule has 2 aromatic carbocycles. The van der Waals surface area contributed by atoms with Gasteiger partial charge in [-0.15, -0.1) is 0 Å². The number of fused-ring (bicyclic) bond motifs is 1. The molecule has 0 aliphatic carbocycles. The van der Waals surface area contributed by atoms with Crippen molar-refractivity contribution in [2.24, 2.45) is 0 Å². The van der Waals surface area contributed by atoms with Gasteiger partial charge in [-0.05, 0) is 30.7 Å². The van der Waals surface area contributed by atoms with E-state index in [0.717, 1.165) is 5.56 Å². The van der Waals surface area contributed by atoms with Crippen LogP contribution in [0.15, 0.2) is 47.5 Å². The quantitative estimate of drug-likeness (QED) is 0.602. The third-order valence-corrected chi connectivity index (χ3v) is 4.88. The first-order valence-corrected chi connectivity index (χ1v) is 9.61. The largest absolute Gasteiger partial charge is 0.495 e. The minimum atomic E-state index is -0.387. The molecule has 1 aromatic heterocycles. The summed E-state index contributed by atoms with van der Waals surface area (Å²) in [6.07, 6.45) is 1.40. The molecule has 3 aromatic rings. The maximum atomic E-state index is 12.4. The molecule has 0 unspecified atom stereocenters. The van der Waals surface area contributed by atoms with Gasteiger partial charge in [0.2, 0.25) is 11.8 Å². The summed E-state index contributed by atoms with van der Waals surface area (Å²) in [4.78, 5) is 41.0. The van der Waals surface area contributed by atoms with Crippen LogP contribution in [0.3, 0.4) is 0 Å². The minimum Gasteiger partial charge on any atom is -0.495 e. The molecule has 8 nitrogen and oxygen atoms in total. The molecule has 0 atom stereocenters. The van der Waals surface area contributed by atoms with Gasteiger partial charge in [-0.25, -0.2) is 4.98 Å². The lowest BCUT2D eigenvalue weighted by Crippen LogP contribution is -2.34. The number of hydrogen-bond donors (Lipinski definition) is 2. The Morgan fingerprint density at radius 2 is 1.97 bits per heavy atom. The van der Waals surface area contributed by atoms with Crippen molar-refractivity contribution in [3.8, 4) is 5.75 Å². The maximum absolute atomic E-state index is 12.4. The molecule has 3 rings (SSSR count). The van der Waals surface area contributed by atoms with Gasteiger partial charge in [0.25, 0.3) is 5.56 Å². The Bertz CT molecular complexity index is 1160. The van der Waals surface area contributed by atoms with E-state index in [-0.39, 0.29) is 36.9 Å². The van der Waals surface area contributed by atoms with Gasteiger partial charge in [0.1, 0.15) is 12.3 Å². The number of amides is 2. The monoisotopic (exact) mass is 428 g/mol. The second kappa shape index (κ2) is 9.41. The van der Waals surface area contributed by atoms with Crippen LogP contribution in [0.4, 0.5) is 5.69 Å². The van der Waals surface area contributed by atoms with E-state index in [4.69, 9.17) is 16.3 Å². The van der Waals surface area contributed by atoms with E-state index in [1.165, 1.54) is 18.0 Å². The Kier molecular flexibility index (Phi) is 6.68. The van der Waals surface area contributed by atoms with E-state index in [0.29, 0.717) is 27.4 Å². The molecular weight excluding hydrogens is 408 g/mol. The standard InChI is InChI=1S/C21H21ClN4O4/c1-13-9-17(18(30-2)10-15(13)22)25-19(27)7-8-23-20(28)11-26-12-24-16-6-4-3-5-14(16)21(26)29/h3-6,9-10,12H,7-8,11H2,1-2H3,(H,23,28)(H,25,27).